The summed E-state index contributed by atoms with van der Waals surface area (Å²) in [7, 11) is 1.55. The van der Waals surface area contributed by atoms with E-state index in [9.17, 15) is 9.90 Å². The number of carbonyl (C=O) groups is 1. The maximum absolute atomic E-state index is 11.5. The highest BCUT2D eigenvalue weighted by atomic mass is 16.5. The largest absolute Gasteiger partial charge is 0.481 e. The van der Waals surface area contributed by atoms with E-state index in [1.54, 1.807) is 13.2 Å². The fourth-order valence-electron chi connectivity index (χ4n) is 2.81. The number of methoxy groups -OCH3 is 1. The Morgan fingerprint density at radius 2 is 2.22 bits per heavy atom. The van der Waals surface area contributed by atoms with E-state index in [1.807, 2.05) is 6.08 Å². The molecule has 1 aliphatic carbocycles. The predicted octanol–water partition coefficient (Wildman–Crippen LogP) is 3.30. The van der Waals surface area contributed by atoms with Crippen molar-refractivity contribution in [1.29, 1.82) is 0 Å². The van der Waals surface area contributed by atoms with Crippen molar-refractivity contribution in [3.8, 4) is 5.88 Å². The third-order valence-corrected chi connectivity index (χ3v) is 4.08. The number of amides is 1. The number of hydrogen-bond donors (Lipinski definition) is 2. The molecule has 0 bridgehead atoms. The average molecular weight is 316 g/mol. The lowest BCUT2D eigenvalue weighted by Crippen LogP contribution is -2.11. The van der Waals surface area contributed by atoms with Crippen molar-refractivity contribution in [2.75, 3.05) is 12.4 Å². The first kappa shape index (κ1) is 17.2. The van der Waals surface area contributed by atoms with Crippen LogP contribution in [0.15, 0.2) is 24.8 Å². The molecule has 5 nitrogen and oxygen atoms in total. The summed E-state index contributed by atoms with van der Waals surface area (Å²) in [6.45, 7) is 3.15. The summed E-state index contributed by atoms with van der Waals surface area (Å²) in [5.74, 6) is 0.684. The average Bonchev–Trinajstić information content (AvgIpc) is 2.60. The third-order valence-electron chi connectivity index (χ3n) is 4.08. The number of aliphatic hydroxyl groups is 1. The van der Waals surface area contributed by atoms with Gasteiger partial charge in [0.2, 0.25) is 11.8 Å². The molecule has 1 aliphatic rings. The highest BCUT2D eigenvalue weighted by Gasteiger charge is 2.14. The molecule has 124 valence electrons. The molecule has 2 N–H and O–H groups in total. The van der Waals surface area contributed by atoms with Crippen molar-refractivity contribution < 1.29 is 14.6 Å². The number of rotatable bonds is 6. The van der Waals surface area contributed by atoms with Crippen molar-refractivity contribution in [3.05, 3.63) is 36.1 Å². The monoisotopic (exact) mass is 316 g/mol. The lowest BCUT2D eigenvalue weighted by atomic mass is 9.89. The second-order valence-corrected chi connectivity index (χ2v) is 5.69. The minimum Gasteiger partial charge on any atom is -0.481 e. The zero-order chi connectivity index (χ0) is 16.7. The molecule has 2 rings (SSSR count). The Bertz CT molecular complexity index is 590. The van der Waals surface area contributed by atoms with Crippen molar-refractivity contribution in [3.63, 3.8) is 0 Å². The van der Waals surface area contributed by atoms with Crippen LogP contribution in [-0.4, -0.2) is 23.1 Å². The Kier molecular flexibility index (Phi) is 6.35. The van der Waals surface area contributed by atoms with Gasteiger partial charge in [-0.1, -0.05) is 38.0 Å². The zero-order valence-corrected chi connectivity index (χ0v) is 13.5. The van der Waals surface area contributed by atoms with Crippen molar-refractivity contribution >= 4 is 17.7 Å². The summed E-state index contributed by atoms with van der Waals surface area (Å²) in [4.78, 5) is 15.8. The number of allylic oxidation sites excluding steroid dienone is 1. The number of carbonyl (C=O) groups excluding carboxylic acids is 1. The van der Waals surface area contributed by atoms with Crippen LogP contribution in [0.5, 0.6) is 5.88 Å². The topological polar surface area (TPSA) is 71.5 Å². The van der Waals surface area contributed by atoms with Gasteiger partial charge in [-0.3, -0.25) is 4.79 Å². The molecule has 1 saturated carbocycles. The van der Waals surface area contributed by atoms with Crippen LogP contribution in [0.25, 0.3) is 6.08 Å². The van der Waals surface area contributed by atoms with Gasteiger partial charge in [-0.15, -0.1) is 0 Å². The second-order valence-electron chi connectivity index (χ2n) is 5.69. The van der Waals surface area contributed by atoms with E-state index in [-0.39, 0.29) is 12.5 Å². The van der Waals surface area contributed by atoms with Gasteiger partial charge in [0.25, 0.3) is 0 Å². The summed E-state index contributed by atoms with van der Waals surface area (Å²) in [6, 6.07) is 1.78. The fourth-order valence-corrected chi connectivity index (χ4v) is 2.81. The molecule has 0 spiro atoms. The normalized spacial score (nSPS) is 15.6. The van der Waals surface area contributed by atoms with Crippen LogP contribution in [0.1, 0.15) is 43.4 Å². The lowest BCUT2D eigenvalue weighted by molar-refractivity contribution is -0.111. The van der Waals surface area contributed by atoms with Crippen LogP contribution in [0.3, 0.4) is 0 Å². The molecule has 0 aromatic carbocycles. The highest BCUT2D eigenvalue weighted by molar-refractivity contribution is 5.99. The third kappa shape index (κ3) is 4.66. The highest BCUT2D eigenvalue weighted by Crippen LogP contribution is 2.28. The Balaban J connectivity index is 2.28. The van der Waals surface area contributed by atoms with Crippen LogP contribution >= 0.6 is 0 Å². The number of ether oxygens (including phenoxy) is 1. The Labute approximate surface area is 137 Å². The summed E-state index contributed by atoms with van der Waals surface area (Å²) in [5.41, 5.74) is 1.63. The number of nitrogens with zero attached hydrogens (tertiary/aromatic N) is 1. The predicted molar refractivity (Wildman–Crippen MR) is 91.1 cm³/mol. The maximum atomic E-state index is 11.5. The summed E-state index contributed by atoms with van der Waals surface area (Å²) >= 11 is 0. The van der Waals surface area contributed by atoms with E-state index in [0.717, 1.165) is 5.56 Å². The zero-order valence-electron chi connectivity index (χ0n) is 13.5. The molecule has 23 heavy (non-hydrogen) atoms. The van der Waals surface area contributed by atoms with Crippen LogP contribution in [-0.2, 0) is 11.4 Å². The Hall–Kier alpha value is -2.14. The molecule has 0 unspecified atom stereocenters. The molecule has 0 radical (unpaired) electrons. The van der Waals surface area contributed by atoms with E-state index >= 15 is 0 Å². The first-order chi connectivity index (χ1) is 11.2. The molecule has 1 amide bonds. The van der Waals surface area contributed by atoms with Gasteiger partial charge in [0, 0.05) is 5.56 Å². The van der Waals surface area contributed by atoms with Gasteiger partial charge >= 0.3 is 0 Å². The molecular formula is C18H24N2O3. The number of hydrogen-bond acceptors (Lipinski definition) is 4. The summed E-state index contributed by atoms with van der Waals surface area (Å²) in [5, 5.41) is 12.1. The summed E-state index contributed by atoms with van der Waals surface area (Å²) in [6.07, 6.45) is 11.6. The Morgan fingerprint density at radius 1 is 1.48 bits per heavy atom. The number of anilines is 1. The minimum atomic E-state index is -0.339. The minimum absolute atomic E-state index is 0.282. The molecular weight excluding hydrogens is 292 g/mol. The van der Waals surface area contributed by atoms with E-state index in [0.29, 0.717) is 23.2 Å². The maximum Gasteiger partial charge on any atom is 0.247 e. The molecule has 0 aliphatic heterocycles. The van der Waals surface area contributed by atoms with Crippen LogP contribution in [0, 0.1) is 5.92 Å². The number of aliphatic hydroxyl groups excluding tert-OH is 1. The quantitative estimate of drug-likeness (QED) is 0.790. The molecule has 1 aromatic rings. The molecule has 5 heteroatoms. The molecule has 0 atom stereocenters. The van der Waals surface area contributed by atoms with Gasteiger partial charge in [-0.25, -0.2) is 4.98 Å². The van der Waals surface area contributed by atoms with Crippen molar-refractivity contribution in [2.45, 2.75) is 38.7 Å². The standard InChI is InChI=1S/C18H24N2O3/c1-3-17(22)19-15-11-14(18(23-2)20-16(15)12-21)10-9-13-7-5-4-6-8-13/h3,9-11,13,21H,1,4-8,12H2,2H3,(H,19,22)/b10-9+. The van der Waals surface area contributed by atoms with E-state index in [1.165, 1.54) is 38.2 Å². The van der Waals surface area contributed by atoms with E-state index < -0.39 is 0 Å². The Morgan fingerprint density at radius 3 is 2.83 bits per heavy atom. The lowest BCUT2D eigenvalue weighted by Gasteiger charge is -2.18. The molecule has 1 heterocycles. The molecule has 0 saturated heterocycles. The van der Waals surface area contributed by atoms with Crippen molar-refractivity contribution in [2.24, 2.45) is 5.92 Å². The second kappa shape index (κ2) is 8.48. The van der Waals surface area contributed by atoms with Crippen molar-refractivity contribution in [1.82, 2.24) is 4.98 Å². The number of nitrogens with one attached hydrogen (secondary N) is 1. The van der Waals surface area contributed by atoms with Crippen LogP contribution in [0.4, 0.5) is 5.69 Å². The van der Waals surface area contributed by atoms with Gasteiger partial charge < -0.3 is 15.2 Å². The number of aromatic nitrogens is 1. The van der Waals surface area contributed by atoms with E-state index in [4.69, 9.17) is 4.74 Å². The fraction of sp³-hybridized carbons (Fsp3) is 0.444. The van der Waals surface area contributed by atoms with Gasteiger partial charge in [-0.2, -0.15) is 0 Å². The van der Waals surface area contributed by atoms with Gasteiger partial charge in [0.15, 0.2) is 0 Å². The summed E-state index contributed by atoms with van der Waals surface area (Å²) < 4.78 is 5.31. The first-order valence-electron chi connectivity index (χ1n) is 7.98. The molecule has 1 aromatic heterocycles. The van der Waals surface area contributed by atoms with E-state index in [2.05, 4.69) is 23.0 Å². The van der Waals surface area contributed by atoms with Crippen LogP contribution < -0.4 is 10.1 Å². The van der Waals surface area contributed by atoms with Gasteiger partial charge in [0.05, 0.1) is 25.1 Å². The first-order valence-corrected chi connectivity index (χ1v) is 7.98. The van der Waals surface area contributed by atoms with Crippen LogP contribution in [0.2, 0.25) is 0 Å². The SMILES string of the molecule is C=CC(=O)Nc1cc(/C=C/C2CCCCC2)c(OC)nc1CO. The van der Waals surface area contributed by atoms with Gasteiger partial charge in [0.1, 0.15) is 0 Å². The smallest absolute Gasteiger partial charge is 0.247 e. The molecule has 1 fully saturated rings. The number of pyridine rings is 1. The van der Waals surface area contributed by atoms with Gasteiger partial charge in [-0.05, 0) is 30.9 Å².